The molecule has 1 saturated heterocycles. The Hall–Kier alpha value is -1.56. The molecule has 1 aromatic rings. The number of rotatable bonds is 1. The topological polar surface area (TPSA) is 87.0 Å². The van der Waals surface area contributed by atoms with Gasteiger partial charge < -0.3 is 20.9 Å². The van der Waals surface area contributed by atoms with E-state index in [9.17, 15) is 4.79 Å². The van der Waals surface area contributed by atoms with Crippen LogP contribution in [0.1, 0.15) is 6.42 Å². The standard InChI is InChI=1S/C9H15N5O/c10-7-8(12-6-13-9(7)15)14-4-1-2-11-3-5-14/h6,11H,1-5,10H2,(H,12,13,15). The van der Waals surface area contributed by atoms with Gasteiger partial charge in [-0.05, 0) is 13.0 Å². The van der Waals surface area contributed by atoms with Crippen LogP contribution >= 0.6 is 0 Å². The summed E-state index contributed by atoms with van der Waals surface area (Å²) in [6.45, 7) is 3.61. The van der Waals surface area contributed by atoms with Crippen LogP contribution in [0, 0.1) is 0 Å². The number of H-pyrrole nitrogens is 1. The first-order valence-corrected chi connectivity index (χ1v) is 5.08. The second-order valence-corrected chi connectivity index (χ2v) is 3.56. The van der Waals surface area contributed by atoms with Gasteiger partial charge in [0.15, 0.2) is 5.82 Å². The second kappa shape index (κ2) is 4.31. The summed E-state index contributed by atoms with van der Waals surface area (Å²) in [5.74, 6) is 0.599. The summed E-state index contributed by atoms with van der Waals surface area (Å²) in [5, 5.41) is 3.28. The van der Waals surface area contributed by atoms with Crippen molar-refractivity contribution in [3.8, 4) is 0 Å². The molecule has 0 atom stereocenters. The molecule has 0 radical (unpaired) electrons. The lowest BCUT2D eigenvalue weighted by molar-refractivity contribution is 0.724. The SMILES string of the molecule is Nc1c(N2CCCNCC2)nc[nH]c1=O. The molecule has 2 rings (SSSR count). The van der Waals surface area contributed by atoms with Crippen molar-refractivity contribution in [2.75, 3.05) is 36.8 Å². The van der Waals surface area contributed by atoms with Gasteiger partial charge in [-0.3, -0.25) is 4.79 Å². The number of anilines is 2. The van der Waals surface area contributed by atoms with E-state index in [2.05, 4.69) is 15.3 Å². The van der Waals surface area contributed by atoms with Crippen molar-refractivity contribution >= 4 is 11.5 Å². The third-order valence-electron chi connectivity index (χ3n) is 2.51. The van der Waals surface area contributed by atoms with Crippen LogP contribution < -0.4 is 21.5 Å². The predicted molar refractivity (Wildman–Crippen MR) is 59.0 cm³/mol. The predicted octanol–water partition coefficient (Wildman–Crippen LogP) is -0.848. The molecule has 15 heavy (non-hydrogen) atoms. The summed E-state index contributed by atoms with van der Waals surface area (Å²) in [7, 11) is 0. The highest BCUT2D eigenvalue weighted by atomic mass is 16.1. The van der Waals surface area contributed by atoms with Gasteiger partial charge >= 0.3 is 0 Å². The fourth-order valence-corrected chi connectivity index (χ4v) is 1.71. The second-order valence-electron chi connectivity index (χ2n) is 3.56. The number of hydrogen-bond acceptors (Lipinski definition) is 5. The van der Waals surface area contributed by atoms with E-state index in [4.69, 9.17) is 5.73 Å². The van der Waals surface area contributed by atoms with Crippen LogP contribution in [0.4, 0.5) is 11.5 Å². The number of nitrogens with two attached hydrogens (primary N) is 1. The van der Waals surface area contributed by atoms with Crippen LogP contribution in [0.25, 0.3) is 0 Å². The summed E-state index contributed by atoms with van der Waals surface area (Å²) in [6, 6.07) is 0. The molecular weight excluding hydrogens is 194 g/mol. The molecule has 1 aromatic heterocycles. The molecule has 6 heteroatoms. The molecule has 1 aliphatic heterocycles. The van der Waals surface area contributed by atoms with E-state index in [1.165, 1.54) is 6.33 Å². The molecular formula is C9H15N5O. The summed E-state index contributed by atoms with van der Waals surface area (Å²) in [6.07, 6.45) is 2.43. The highest BCUT2D eigenvalue weighted by Gasteiger charge is 2.14. The number of aromatic amines is 1. The van der Waals surface area contributed by atoms with Gasteiger partial charge in [-0.1, -0.05) is 0 Å². The molecule has 0 spiro atoms. The zero-order chi connectivity index (χ0) is 10.7. The van der Waals surface area contributed by atoms with Gasteiger partial charge in [-0.25, -0.2) is 4.98 Å². The fraction of sp³-hybridized carbons (Fsp3) is 0.556. The number of nitrogens with zero attached hydrogens (tertiary/aromatic N) is 2. The van der Waals surface area contributed by atoms with E-state index < -0.39 is 0 Å². The quantitative estimate of drug-likeness (QED) is 0.561. The largest absolute Gasteiger partial charge is 0.391 e. The first kappa shape index (κ1) is 9.97. The molecule has 2 heterocycles. The van der Waals surface area contributed by atoms with Gasteiger partial charge in [0.05, 0.1) is 6.33 Å². The Balaban J connectivity index is 2.27. The zero-order valence-corrected chi connectivity index (χ0v) is 8.49. The van der Waals surface area contributed by atoms with Crippen molar-refractivity contribution < 1.29 is 0 Å². The van der Waals surface area contributed by atoms with E-state index >= 15 is 0 Å². The highest BCUT2D eigenvalue weighted by molar-refractivity contribution is 5.60. The third kappa shape index (κ3) is 2.10. The van der Waals surface area contributed by atoms with Crippen LogP contribution in [0.15, 0.2) is 11.1 Å². The summed E-state index contributed by atoms with van der Waals surface area (Å²) in [5.41, 5.74) is 5.64. The van der Waals surface area contributed by atoms with E-state index in [0.29, 0.717) is 5.82 Å². The van der Waals surface area contributed by atoms with E-state index in [0.717, 1.165) is 32.6 Å². The van der Waals surface area contributed by atoms with Crippen LogP contribution in [0.2, 0.25) is 0 Å². The lowest BCUT2D eigenvalue weighted by Crippen LogP contribution is -2.31. The summed E-state index contributed by atoms with van der Waals surface area (Å²) in [4.78, 5) is 19.9. The maximum atomic E-state index is 11.3. The average Bonchev–Trinajstić information content (AvgIpc) is 2.50. The monoisotopic (exact) mass is 209 g/mol. The minimum absolute atomic E-state index is 0.208. The van der Waals surface area contributed by atoms with Crippen LogP contribution in [-0.2, 0) is 0 Å². The van der Waals surface area contributed by atoms with Gasteiger partial charge in [0.1, 0.15) is 5.69 Å². The molecule has 6 nitrogen and oxygen atoms in total. The lowest BCUT2D eigenvalue weighted by Gasteiger charge is -2.21. The number of nitrogen functional groups attached to an aromatic ring is 1. The van der Waals surface area contributed by atoms with Crippen molar-refractivity contribution in [1.29, 1.82) is 0 Å². The maximum Gasteiger partial charge on any atom is 0.276 e. The van der Waals surface area contributed by atoms with Crippen molar-refractivity contribution in [3.05, 3.63) is 16.7 Å². The van der Waals surface area contributed by atoms with Crippen LogP contribution in [-0.4, -0.2) is 36.1 Å². The fourth-order valence-electron chi connectivity index (χ4n) is 1.71. The van der Waals surface area contributed by atoms with E-state index in [1.807, 2.05) is 4.90 Å². The first-order valence-electron chi connectivity index (χ1n) is 5.08. The Labute approximate surface area is 87.5 Å². The van der Waals surface area contributed by atoms with E-state index in [1.54, 1.807) is 0 Å². The Morgan fingerprint density at radius 2 is 2.27 bits per heavy atom. The molecule has 1 aliphatic rings. The number of aromatic nitrogens is 2. The molecule has 82 valence electrons. The normalized spacial score (nSPS) is 17.5. The maximum absolute atomic E-state index is 11.3. The Morgan fingerprint density at radius 1 is 1.40 bits per heavy atom. The average molecular weight is 209 g/mol. The van der Waals surface area contributed by atoms with Crippen molar-refractivity contribution in [2.45, 2.75) is 6.42 Å². The lowest BCUT2D eigenvalue weighted by atomic mass is 10.3. The molecule has 0 bridgehead atoms. The van der Waals surface area contributed by atoms with Crippen molar-refractivity contribution in [1.82, 2.24) is 15.3 Å². The van der Waals surface area contributed by atoms with Crippen molar-refractivity contribution in [2.24, 2.45) is 0 Å². The van der Waals surface area contributed by atoms with E-state index in [-0.39, 0.29) is 11.2 Å². The number of hydrogen-bond donors (Lipinski definition) is 3. The molecule has 0 aromatic carbocycles. The first-order chi connectivity index (χ1) is 7.29. The minimum atomic E-state index is -0.266. The Bertz CT molecular complexity index is 380. The smallest absolute Gasteiger partial charge is 0.276 e. The van der Waals surface area contributed by atoms with Gasteiger partial charge in [0.2, 0.25) is 0 Å². The zero-order valence-electron chi connectivity index (χ0n) is 8.49. The molecule has 4 N–H and O–H groups in total. The Morgan fingerprint density at radius 3 is 3.13 bits per heavy atom. The summed E-state index contributed by atoms with van der Waals surface area (Å²) >= 11 is 0. The van der Waals surface area contributed by atoms with Crippen LogP contribution in [0.3, 0.4) is 0 Å². The third-order valence-corrected chi connectivity index (χ3v) is 2.51. The van der Waals surface area contributed by atoms with Gasteiger partial charge in [0, 0.05) is 19.6 Å². The van der Waals surface area contributed by atoms with Crippen molar-refractivity contribution in [3.63, 3.8) is 0 Å². The minimum Gasteiger partial charge on any atom is -0.391 e. The molecule has 1 fully saturated rings. The molecule has 0 amide bonds. The number of nitrogens with one attached hydrogen (secondary N) is 2. The van der Waals surface area contributed by atoms with Crippen LogP contribution in [0.5, 0.6) is 0 Å². The summed E-state index contributed by atoms with van der Waals surface area (Å²) < 4.78 is 0. The molecule has 0 saturated carbocycles. The van der Waals surface area contributed by atoms with Gasteiger partial charge in [0.25, 0.3) is 5.56 Å². The molecule has 0 aliphatic carbocycles. The van der Waals surface area contributed by atoms with Gasteiger partial charge in [-0.2, -0.15) is 0 Å². The highest BCUT2D eigenvalue weighted by Crippen LogP contribution is 2.15. The Kier molecular flexibility index (Phi) is 2.86. The molecule has 0 unspecified atom stereocenters. The van der Waals surface area contributed by atoms with Gasteiger partial charge in [-0.15, -0.1) is 0 Å².